The summed E-state index contributed by atoms with van der Waals surface area (Å²) >= 11 is 0. The maximum absolute atomic E-state index is 11.5. The largest absolute Gasteiger partial charge is 0.441 e. The quantitative estimate of drug-likeness (QED) is 0.793. The molecule has 1 amide bonds. The van der Waals surface area contributed by atoms with Crippen LogP contribution in [0.15, 0.2) is 0 Å². The van der Waals surface area contributed by atoms with Crippen LogP contribution in [0.4, 0.5) is 4.79 Å². The van der Waals surface area contributed by atoms with Crippen LogP contribution in [-0.2, 0) is 4.74 Å². The van der Waals surface area contributed by atoms with Gasteiger partial charge in [-0.25, -0.2) is 4.79 Å². The van der Waals surface area contributed by atoms with Crippen LogP contribution in [-0.4, -0.2) is 47.4 Å². The molecule has 0 spiro atoms. The topological polar surface area (TPSA) is 75.8 Å². The second-order valence-electron chi connectivity index (χ2n) is 5.86. The van der Waals surface area contributed by atoms with Crippen molar-refractivity contribution in [1.29, 1.82) is 0 Å². The van der Waals surface area contributed by atoms with E-state index in [-0.39, 0.29) is 12.1 Å². The highest BCUT2D eigenvalue weighted by atomic mass is 16.6. The molecule has 0 radical (unpaired) electrons. The molecule has 110 valence electrons. The number of cyclic esters (lactones) is 1. The van der Waals surface area contributed by atoms with Crippen LogP contribution in [0.25, 0.3) is 0 Å². The van der Waals surface area contributed by atoms with Crippen molar-refractivity contribution in [2.24, 2.45) is 11.7 Å². The summed E-state index contributed by atoms with van der Waals surface area (Å²) in [7, 11) is 0. The molecule has 1 aliphatic carbocycles. The molecule has 5 nitrogen and oxygen atoms in total. The fourth-order valence-corrected chi connectivity index (χ4v) is 3.19. The number of carbonyl (C=O) groups is 1. The maximum atomic E-state index is 11.5. The summed E-state index contributed by atoms with van der Waals surface area (Å²) in [5, 5.41) is 10.3. The average Bonchev–Trinajstić information content (AvgIpc) is 2.80. The Morgan fingerprint density at radius 2 is 2.11 bits per heavy atom. The lowest BCUT2D eigenvalue weighted by molar-refractivity contribution is 0.0120. The van der Waals surface area contributed by atoms with E-state index in [1.54, 1.807) is 4.90 Å². The monoisotopic (exact) mass is 270 g/mol. The van der Waals surface area contributed by atoms with Gasteiger partial charge in [0.2, 0.25) is 0 Å². The number of nitrogens with zero attached hydrogens (tertiary/aromatic N) is 1. The van der Waals surface area contributed by atoms with E-state index in [2.05, 4.69) is 0 Å². The second kappa shape index (κ2) is 6.57. The van der Waals surface area contributed by atoms with Crippen LogP contribution in [0.5, 0.6) is 0 Å². The molecule has 3 N–H and O–H groups in total. The van der Waals surface area contributed by atoms with E-state index in [9.17, 15) is 9.90 Å². The molecule has 2 fully saturated rings. The zero-order valence-corrected chi connectivity index (χ0v) is 11.8. The number of hydrogen-bond acceptors (Lipinski definition) is 4. The van der Waals surface area contributed by atoms with Gasteiger partial charge in [0.25, 0.3) is 0 Å². The predicted octanol–water partition coefficient (Wildman–Crippen LogP) is 1.49. The molecule has 5 heteroatoms. The Bertz CT molecular complexity index is 305. The molecule has 0 aromatic heterocycles. The van der Waals surface area contributed by atoms with E-state index in [0.717, 1.165) is 6.42 Å². The molecule has 0 bridgehead atoms. The smallest absolute Gasteiger partial charge is 0.410 e. The number of rotatable bonds is 5. The van der Waals surface area contributed by atoms with Gasteiger partial charge in [0.1, 0.15) is 12.2 Å². The summed E-state index contributed by atoms with van der Waals surface area (Å²) in [4.78, 5) is 13.1. The maximum Gasteiger partial charge on any atom is 0.410 e. The summed E-state index contributed by atoms with van der Waals surface area (Å²) in [6, 6.07) is -0.294. The number of aliphatic hydroxyl groups is 1. The number of amides is 1. The highest BCUT2D eigenvalue weighted by Gasteiger charge is 2.38. The third-order valence-electron chi connectivity index (χ3n) is 4.44. The van der Waals surface area contributed by atoms with Gasteiger partial charge >= 0.3 is 6.09 Å². The van der Waals surface area contributed by atoms with E-state index >= 15 is 0 Å². The van der Waals surface area contributed by atoms with Crippen molar-refractivity contribution in [2.75, 3.05) is 13.1 Å². The van der Waals surface area contributed by atoms with Crippen LogP contribution < -0.4 is 5.73 Å². The molecule has 3 atom stereocenters. The fraction of sp³-hybridized carbons (Fsp3) is 0.929. The molecule has 0 unspecified atom stereocenters. The van der Waals surface area contributed by atoms with Gasteiger partial charge in [-0.15, -0.1) is 0 Å². The summed E-state index contributed by atoms with van der Waals surface area (Å²) in [5.41, 5.74) is 6.10. The molecule has 2 rings (SSSR count). The van der Waals surface area contributed by atoms with Crippen LogP contribution in [0.2, 0.25) is 0 Å². The Balaban J connectivity index is 1.81. The van der Waals surface area contributed by atoms with Crippen molar-refractivity contribution in [3.05, 3.63) is 0 Å². The summed E-state index contributed by atoms with van der Waals surface area (Å²) in [6.45, 7) is 2.97. The normalized spacial score (nSPS) is 28.3. The number of aliphatic hydroxyl groups excluding tert-OH is 1. The minimum atomic E-state index is -0.748. The SMILES string of the molecule is CCN1C[C@H]([C@H](O)[C@@H](N)CC2CCCCC2)OC1=O. The number of likely N-dealkylation sites (N-methyl/N-ethyl adjacent to an activating group) is 1. The van der Waals surface area contributed by atoms with E-state index in [0.29, 0.717) is 19.0 Å². The molecule has 19 heavy (non-hydrogen) atoms. The molecule has 1 aliphatic heterocycles. The highest BCUT2D eigenvalue weighted by molar-refractivity contribution is 5.69. The Morgan fingerprint density at radius 3 is 2.68 bits per heavy atom. The predicted molar refractivity (Wildman–Crippen MR) is 72.7 cm³/mol. The van der Waals surface area contributed by atoms with Gasteiger partial charge < -0.3 is 20.5 Å². The molecule has 1 heterocycles. The van der Waals surface area contributed by atoms with Crippen molar-refractivity contribution in [2.45, 2.75) is 63.7 Å². The Labute approximate surface area is 115 Å². The van der Waals surface area contributed by atoms with Crippen molar-refractivity contribution in [1.82, 2.24) is 4.90 Å². The zero-order valence-electron chi connectivity index (χ0n) is 11.8. The van der Waals surface area contributed by atoms with Gasteiger partial charge in [0, 0.05) is 12.6 Å². The van der Waals surface area contributed by atoms with Crippen molar-refractivity contribution in [3.8, 4) is 0 Å². The fourth-order valence-electron chi connectivity index (χ4n) is 3.19. The Kier molecular flexibility index (Phi) is 5.05. The number of hydrogen-bond donors (Lipinski definition) is 2. The highest BCUT2D eigenvalue weighted by Crippen LogP contribution is 2.28. The molecule has 1 saturated heterocycles. The molecule has 0 aromatic carbocycles. The van der Waals surface area contributed by atoms with E-state index in [1.807, 2.05) is 6.92 Å². The first kappa shape index (κ1) is 14.6. The van der Waals surface area contributed by atoms with Gasteiger partial charge in [-0.2, -0.15) is 0 Å². The summed E-state index contributed by atoms with van der Waals surface area (Å²) < 4.78 is 5.19. The van der Waals surface area contributed by atoms with Crippen molar-refractivity contribution < 1.29 is 14.6 Å². The number of carbonyl (C=O) groups excluding carboxylic acids is 1. The molecule has 1 saturated carbocycles. The lowest BCUT2D eigenvalue weighted by Gasteiger charge is -2.28. The minimum Gasteiger partial charge on any atom is -0.441 e. The van der Waals surface area contributed by atoms with E-state index in [1.165, 1.54) is 32.1 Å². The van der Waals surface area contributed by atoms with E-state index in [4.69, 9.17) is 10.5 Å². The Morgan fingerprint density at radius 1 is 1.42 bits per heavy atom. The van der Waals surface area contributed by atoms with Gasteiger partial charge in [0.05, 0.1) is 6.54 Å². The third kappa shape index (κ3) is 3.60. The lowest BCUT2D eigenvalue weighted by Crippen LogP contribution is -2.45. The van der Waals surface area contributed by atoms with Gasteiger partial charge in [-0.05, 0) is 19.3 Å². The first-order valence-corrected chi connectivity index (χ1v) is 7.51. The van der Waals surface area contributed by atoms with E-state index < -0.39 is 12.2 Å². The van der Waals surface area contributed by atoms with Crippen molar-refractivity contribution >= 4 is 6.09 Å². The molecular weight excluding hydrogens is 244 g/mol. The first-order valence-electron chi connectivity index (χ1n) is 7.51. The van der Waals surface area contributed by atoms with Crippen molar-refractivity contribution in [3.63, 3.8) is 0 Å². The summed E-state index contributed by atoms with van der Waals surface area (Å²) in [5.74, 6) is 0.623. The number of nitrogens with two attached hydrogens (primary N) is 1. The van der Waals surface area contributed by atoms with Crippen LogP contribution in [0.3, 0.4) is 0 Å². The average molecular weight is 270 g/mol. The summed E-state index contributed by atoms with van der Waals surface area (Å²) in [6.07, 6.45) is 5.58. The van der Waals surface area contributed by atoms with Gasteiger partial charge in [-0.3, -0.25) is 0 Å². The second-order valence-corrected chi connectivity index (χ2v) is 5.86. The Hall–Kier alpha value is -0.810. The third-order valence-corrected chi connectivity index (χ3v) is 4.44. The van der Waals surface area contributed by atoms with Crippen LogP contribution >= 0.6 is 0 Å². The number of ether oxygens (including phenoxy) is 1. The first-order chi connectivity index (χ1) is 9.11. The van der Waals surface area contributed by atoms with Gasteiger partial charge in [0.15, 0.2) is 0 Å². The lowest BCUT2D eigenvalue weighted by atomic mass is 9.83. The zero-order chi connectivity index (χ0) is 13.8. The minimum absolute atomic E-state index is 0.294. The van der Waals surface area contributed by atoms with Gasteiger partial charge in [-0.1, -0.05) is 32.1 Å². The molecular formula is C14H26N2O3. The standard InChI is InChI=1S/C14H26N2O3/c1-2-16-9-12(19-14(16)18)13(17)11(15)8-10-6-4-3-5-7-10/h10-13,17H,2-9,15H2,1H3/t11-,12+,13+/m0/s1. The molecule has 2 aliphatic rings. The van der Waals surface area contributed by atoms with Crippen LogP contribution in [0, 0.1) is 5.92 Å². The van der Waals surface area contributed by atoms with Crippen LogP contribution in [0.1, 0.15) is 45.4 Å². The molecule has 0 aromatic rings.